The quantitative estimate of drug-likeness (QED) is 0.464. The van der Waals surface area contributed by atoms with E-state index < -0.39 is 5.97 Å². The van der Waals surface area contributed by atoms with Crippen molar-refractivity contribution < 1.29 is 23.2 Å². The largest absolute Gasteiger partial charge is 0.464 e. The van der Waals surface area contributed by atoms with E-state index in [-0.39, 0.29) is 18.3 Å². The van der Waals surface area contributed by atoms with Crippen LogP contribution in [0.1, 0.15) is 11.5 Å². The number of hydrogen-bond acceptors (Lipinski definition) is 7. The number of furan rings is 1. The van der Waals surface area contributed by atoms with Crippen molar-refractivity contribution in [2.45, 2.75) is 18.7 Å². The van der Waals surface area contributed by atoms with Crippen LogP contribution < -0.4 is 0 Å². The van der Waals surface area contributed by atoms with E-state index in [1.807, 2.05) is 37.3 Å². The molecular weight excluding hydrogens is 356 g/mol. The van der Waals surface area contributed by atoms with Crippen molar-refractivity contribution in [3.63, 3.8) is 0 Å². The van der Waals surface area contributed by atoms with Crippen molar-refractivity contribution in [1.29, 1.82) is 0 Å². The van der Waals surface area contributed by atoms with E-state index in [0.717, 1.165) is 23.0 Å². The van der Waals surface area contributed by atoms with Crippen molar-refractivity contribution in [2.24, 2.45) is 0 Å². The summed E-state index contributed by atoms with van der Waals surface area (Å²) in [5.41, 5.74) is 1.39. The summed E-state index contributed by atoms with van der Waals surface area (Å²) >= 11 is 1.13. The summed E-state index contributed by atoms with van der Waals surface area (Å²) in [5, 5.41) is 0.389. The number of nitrogens with zero attached hydrogens (tertiary/aromatic N) is 2. The van der Waals surface area contributed by atoms with E-state index in [0.29, 0.717) is 23.1 Å². The van der Waals surface area contributed by atoms with Crippen molar-refractivity contribution in [3.05, 3.63) is 47.9 Å². The van der Waals surface area contributed by atoms with Crippen LogP contribution in [0.15, 0.2) is 50.5 Å². The Morgan fingerprint density at radius 1 is 1.19 bits per heavy atom. The van der Waals surface area contributed by atoms with Gasteiger partial charge in [0.1, 0.15) is 22.8 Å². The molecule has 1 amide bonds. The van der Waals surface area contributed by atoms with E-state index in [2.05, 4.69) is 4.98 Å². The van der Waals surface area contributed by atoms with Gasteiger partial charge in [0.15, 0.2) is 12.2 Å². The number of ether oxygens (including phenoxy) is 1. The van der Waals surface area contributed by atoms with Gasteiger partial charge in [0.2, 0.25) is 0 Å². The summed E-state index contributed by atoms with van der Waals surface area (Å²) in [6, 6.07) is 11.0. The number of thioether (sulfide) groups is 1. The summed E-state index contributed by atoms with van der Waals surface area (Å²) in [7, 11) is 1.63. The number of hydrogen-bond donors (Lipinski definition) is 0. The Morgan fingerprint density at radius 2 is 2.00 bits per heavy atom. The highest BCUT2D eigenvalue weighted by atomic mass is 32.2. The second-order valence-electron chi connectivity index (χ2n) is 5.66. The molecule has 0 spiro atoms. The molecule has 1 aromatic carbocycles. The zero-order valence-corrected chi connectivity index (χ0v) is 15.2. The van der Waals surface area contributed by atoms with Gasteiger partial charge in [0.05, 0.1) is 6.54 Å². The zero-order valence-electron chi connectivity index (χ0n) is 14.4. The van der Waals surface area contributed by atoms with Gasteiger partial charge in [-0.25, -0.2) is 4.98 Å². The number of benzene rings is 1. The van der Waals surface area contributed by atoms with Gasteiger partial charge in [-0.3, -0.25) is 9.59 Å². The topological polar surface area (TPSA) is 85.8 Å². The maximum atomic E-state index is 12.0. The predicted molar refractivity (Wildman–Crippen MR) is 95.6 cm³/mol. The SMILES string of the molecule is Cc1ccc(CN(C)C(=O)COC(=O)CSc2nc3ccccc3o2)o1. The molecule has 7 nitrogen and oxygen atoms in total. The lowest BCUT2D eigenvalue weighted by molar-refractivity contribution is -0.149. The molecule has 0 aliphatic rings. The molecule has 0 bridgehead atoms. The minimum absolute atomic E-state index is 0.0151. The lowest BCUT2D eigenvalue weighted by atomic mass is 10.3. The van der Waals surface area contributed by atoms with Gasteiger partial charge in [-0.1, -0.05) is 23.9 Å². The van der Waals surface area contributed by atoms with Gasteiger partial charge in [-0.05, 0) is 31.2 Å². The van der Waals surface area contributed by atoms with Gasteiger partial charge >= 0.3 is 5.97 Å². The fraction of sp³-hybridized carbons (Fsp3) is 0.278. The Balaban J connectivity index is 1.42. The molecule has 2 heterocycles. The van der Waals surface area contributed by atoms with Gasteiger partial charge in [0.25, 0.3) is 11.1 Å². The summed E-state index contributed by atoms with van der Waals surface area (Å²) in [5.74, 6) is 0.660. The number of para-hydroxylation sites is 2. The number of amides is 1. The molecule has 0 unspecified atom stereocenters. The minimum atomic E-state index is -0.507. The molecule has 0 N–H and O–H groups in total. The second kappa shape index (κ2) is 8.09. The van der Waals surface area contributed by atoms with Crippen LogP contribution >= 0.6 is 11.8 Å². The first-order valence-electron chi connectivity index (χ1n) is 7.94. The van der Waals surface area contributed by atoms with E-state index in [9.17, 15) is 9.59 Å². The molecule has 8 heteroatoms. The molecule has 0 saturated carbocycles. The van der Waals surface area contributed by atoms with E-state index >= 15 is 0 Å². The number of aromatic nitrogens is 1. The van der Waals surface area contributed by atoms with Gasteiger partial charge < -0.3 is 18.5 Å². The predicted octanol–water partition coefficient (Wildman–Crippen LogP) is 3.02. The molecule has 3 rings (SSSR count). The fourth-order valence-corrected chi connectivity index (χ4v) is 2.86. The van der Waals surface area contributed by atoms with Crippen molar-refractivity contribution >= 4 is 34.7 Å². The number of rotatable bonds is 7. The molecule has 0 atom stereocenters. The van der Waals surface area contributed by atoms with Crippen LogP contribution in [-0.4, -0.2) is 41.2 Å². The van der Waals surface area contributed by atoms with Crippen LogP contribution in [0.5, 0.6) is 0 Å². The van der Waals surface area contributed by atoms with Crippen LogP contribution in [0.4, 0.5) is 0 Å². The fourth-order valence-electron chi connectivity index (χ4n) is 2.22. The van der Waals surface area contributed by atoms with E-state index in [1.54, 1.807) is 13.1 Å². The number of carbonyl (C=O) groups is 2. The Kier molecular flexibility index (Phi) is 5.62. The Hall–Kier alpha value is -2.74. The molecule has 0 saturated heterocycles. The van der Waals surface area contributed by atoms with Crippen LogP contribution in [0.3, 0.4) is 0 Å². The van der Waals surface area contributed by atoms with E-state index in [1.165, 1.54) is 4.90 Å². The standard InChI is InChI=1S/C18H18N2O5S/c1-12-7-8-13(24-12)9-20(2)16(21)10-23-17(22)11-26-18-19-14-5-3-4-6-15(14)25-18/h3-8H,9-11H2,1-2H3. The maximum Gasteiger partial charge on any atom is 0.316 e. The normalized spacial score (nSPS) is 10.8. The number of aryl methyl sites for hydroxylation is 1. The highest BCUT2D eigenvalue weighted by molar-refractivity contribution is 7.99. The second-order valence-corrected chi connectivity index (χ2v) is 6.59. The molecule has 136 valence electrons. The number of likely N-dealkylation sites (N-methyl/N-ethyl adjacent to an activating group) is 1. The van der Waals surface area contributed by atoms with Crippen LogP contribution in [-0.2, 0) is 20.9 Å². The van der Waals surface area contributed by atoms with Crippen molar-refractivity contribution in [3.8, 4) is 0 Å². The zero-order chi connectivity index (χ0) is 18.5. The first-order valence-corrected chi connectivity index (χ1v) is 8.93. The summed E-state index contributed by atoms with van der Waals surface area (Å²) in [4.78, 5) is 29.5. The average molecular weight is 374 g/mol. The van der Waals surface area contributed by atoms with Gasteiger partial charge in [-0.2, -0.15) is 0 Å². The van der Waals surface area contributed by atoms with Gasteiger partial charge in [0, 0.05) is 7.05 Å². The molecule has 0 radical (unpaired) electrons. The third kappa shape index (κ3) is 4.66. The van der Waals surface area contributed by atoms with E-state index in [4.69, 9.17) is 13.6 Å². The Bertz CT molecular complexity index is 884. The molecule has 0 aliphatic heterocycles. The lowest BCUT2D eigenvalue weighted by Gasteiger charge is -2.15. The molecule has 0 aliphatic carbocycles. The maximum absolute atomic E-state index is 12.0. The summed E-state index contributed by atoms with van der Waals surface area (Å²) < 4.78 is 15.9. The average Bonchev–Trinajstić information content (AvgIpc) is 3.23. The number of oxazole rings is 1. The van der Waals surface area contributed by atoms with Gasteiger partial charge in [-0.15, -0.1) is 0 Å². The van der Waals surface area contributed by atoms with Crippen molar-refractivity contribution in [2.75, 3.05) is 19.4 Å². The van der Waals surface area contributed by atoms with Crippen LogP contribution in [0.25, 0.3) is 11.1 Å². The molecule has 0 fully saturated rings. The van der Waals surface area contributed by atoms with Crippen molar-refractivity contribution in [1.82, 2.24) is 9.88 Å². The first kappa shape index (κ1) is 18.1. The highest BCUT2D eigenvalue weighted by Gasteiger charge is 2.15. The highest BCUT2D eigenvalue weighted by Crippen LogP contribution is 2.23. The van der Waals surface area contributed by atoms with Crippen LogP contribution in [0, 0.1) is 6.92 Å². The van der Waals surface area contributed by atoms with Crippen LogP contribution in [0.2, 0.25) is 0 Å². The molecule has 2 aromatic heterocycles. The monoisotopic (exact) mass is 374 g/mol. The first-order chi connectivity index (χ1) is 12.5. The molecule has 26 heavy (non-hydrogen) atoms. The minimum Gasteiger partial charge on any atom is -0.464 e. The third-order valence-electron chi connectivity index (χ3n) is 3.56. The summed E-state index contributed by atoms with van der Waals surface area (Å²) in [6.45, 7) is 1.84. The summed E-state index contributed by atoms with van der Waals surface area (Å²) in [6.07, 6.45) is 0. The smallest absolute Gasteiger partial charge is 0.316 e. The number of esters is 1. The Labute approximate surface area is 154 Å². The molecular formula is C18H18N2O5S. The molecule has 3 aromatic rings. The Morgan fingerprint density at radius 3 is 2.73 bits per heavy atom. The lowest BCUT2D eigenvalue weighted by Crippen LogP contribution is -2.31. The number of carbonyl (C=O) groups excluding carboxylic acids is 2. The number of fused-ring (bicyclic) bond motifs is 1. The third-order valence-corrected chi connectivity index (χ3v) is 4.36.